The van der Waals surface area contributed by atoms with E-state index in [9.17, 15) is 0 Å². The zero-order valence-corrected chi connectivity index (χ0v) is 13.9. The number of hydrogen-bond donors (Lipinski definition) is 1. The number of likely N-dealkylation sites (tertiary alicyclic amines) is 1. The number of anilines is 1. The summed E-state index contributed by atoms with van der Waals surface area (Å²) in [5.74, 6) is 0. The molecule has 5 heteroatoms. The van der Waals surface area contributed by atoms with Crippen molar-refractivity contribution in [2.24, 2.45) is 0 Å². The Balaban J connectivity index is 1.90. The van der Waals surface area contributed by atoms with E-state index in [2.05, 4.69) is 42.1 Å². The molecule has 3 heterocycles. The number of aromatic nitrogens is 1. The van der Waals surface area contributed by atoms with E-state index in [4.69, 9.17) is 5.73 Å². The Morgan fingerprint density at radius 1 is 1.35 bits per heavy atom. The summed E-state index contributed by atoms with van der Waals surface area (Å²) in [6.45, 7) is 7.75. The Morgan fingerprint density at radius 2 is 2.05 bits per heavy atom. The highest BCUT2D eigenvalue weighted by Crippen LogP contribution is 2.36. The normalized spacial score (nSPS) is 23.6. The van der Waals surface area contributed by atoms with Crippen LogP contribution in [-0.2, 0) is 6.54 Å². The Bertz CT molecular complexity index is 592. The fourth-order valence-electron chi connectivity index (χ4n) is 2.95. The maximum absolute atomic E-state index is 5.96. The van der Waals surface area contributed by atoms with Crippen molar-refractivity contribution in [2.75, 3.05) is 5.73 Å². The maximum atomic E-state index is 5.96. The molecule has 2 aromatic rings. The molecule has 2 aromatic heterocycles. The highest BCUT2D eigenvalue weighted by molar-refractivity contribution is 7.17. The lowest BCUT2D eigenvalue weighted by Gasteiger charge is -2.25. The van der Waals surface area contributed by atoms with Crippen molar-refractivity contribution < 1.29 is 0 Å². The number of nitrogen functional groups attached to an aromatic ring is 1. The van der Waals surface area contributed by atoms with Gasteiger partial charge in [0.15, 0.2) is 5.13 Å². The predicted octanol–water partition coefficient (Wildman–Crippen LogP) is 4.14. The summed E-state index contributed by atoms with van der Waals surface area (Å²) in [7, 11) is 0. The summed E-state index contributed by atoms with van der Waals surface area (Å²) in [4.78, 5) is 9.70. The number of thiazole rings is 1. The van der Waals surface area contributed by atoms with Crippen LogP contribution in [0.25, 0.3) is 10.6 Å². The lowest BCUT2D eigenvalue weighted by molar-refractivity contribution is 0.207. The number of nitrogens with zero attached hydrogens (tertiary/aromatic N) is 2. The van der Waals surface area contributed by atoms with Crippen LogP contribution < -0.4 is 5.73 Å². The molecule has 0 bridgehead atoms. The van der Waals surface area contributed by atoms with Crippen molar-refractivity contribution in [3.63, 3.8) is 0 Å². The quantitative estimate of drug-likeness (QED) is 0.927. The standard InChI is InChI=1S/C15H21N3S2/c1-9-6-12(19-8-9)14-13(20-15(16)17-14)7-18-10(2)4-5-11(18)3/h6,8,10-11H,4-5,7H2,1-3H3,(H2,16,17)/t10-,11-/m1/s1. The minimum absolute atomic E-state index is 0.659. The van der Waals surface area contributed by atoms with E-state index < -0.39 is 0 Å². The highest BCUT2D eigenvalue weighted by atomic mass is 32.1. The number of hydrogen-bond acceptors (Lipinski definition) is 5. The first-order chi connectivity index (χ1) is 9.54. The van der Waals surface area contributed by atoms with Crippen molar-refractivity contribution in [2.45, 2.75) is 52.2 Å². The van der Waals surface area contributed by atoms with E-state index >= 15 is 0 Å². The molecule has 2 atom stereocenters. The summed E-state index contributed by atoms with van der Waals surface area (Å²) >= 11 is 3.40. The van der Waals surface area contributed by atoms with Gasteiger partial charge in [-0.25, -0.2) is 4.98 Å². The van der Waals surface area contributed by atoms with Crippen molar-refractivity contribution in [3.8, 4) is 10.6 Å². The maximum Gasteiger partial charge on any atom is 0.180 e. The van der Waals surface area contributed by atoms with Gasteiger partial charge in [-0.1, -0.05) is 0 Å². The molecule has 0 saturated carbocycles. The second kappa shape index (κ2) is 5.47. The van der Waals surface area contributed by atoms with Crippen LogP contribution in [0.2, 0.25) is 0 Å². The molecule has 0 radical (unpaired) electrons. The van der Waals surface area contributed by atoms with E-state index in [1.54, 1.807) is 22.7 Å². The molecular weight excluding hydrogens is 286 g/mol. The first-order valence-corrected chi connectivity index (χ1v) is 8.80. The average Bonchev–Trinajstić information content (AvgIpc) is 3.05. The van der Waals surface area contributed by atoms with Gasteiger partial charge in [0, 0.05) is 23.5 Å². The third-order valence-electron chi connectivity index (χ3n) is 4.14. The molecule has 3 rings (SSSR count). The predicted molar refractivity (Wildman–Crippen MR) is 88.3 cm³/mol. The van der Waals surface area contributed by atoms with Gasteiger partial charge in [-0.15, -0.1) is 22.7 Å². The topological polar surface area (TPSA) is 42.1 Å². The van der Waals surface area contributed by atoms with E-state index in [1.165, 1.54) is 28.2 Å². The largest absolute Gasteiger partial charge is 0.375 e. The third-order valence-corrected chi connectivity index (χ3v) is 6.06. The fourth-order valence-corrected chi connectivity index (χ4v) is 4.79. The summed E-state index contributed by atoms with van der Waals surface area (Å²) in [5.41, 5.74) is 8.35. The first kappa shape index (κ1) is 14.0. The van der Waals surface area contributed by atoms with E-state index in [1.807, 2.05) is 0 Å². The van der Waals surface area contributed by atoms with Gasteiger partial charge >= 0.3 is 0 Å². The minimum Gasteiger partial charge on any atom is -0.375 e. The smallest absolute Gasteiger partial charge is 0.180 e. The molecule has 0 spiro atoms. The van der Waals surface area contributed by atoms with Crippen LogP contribution in [0, 0.1) is 6.92 Å². The van der Waals surface area contributed by atoms with Gasteiger partial charge in [-0.3, -0.25) is 4.90 Å². The van der Waals surface area contributed by atoms with Gasteiger partial charge in [0.1, 0.15) is 0 Å². The SMILES string of the molecule is Cc1csc(-c2nc(N)sc2CN2[C@H](C)CC[C@H]2C)c1. The lowest BCUT2D eigenvalue weighted by Crippen LogP contribution is -2.31. The third kappa shape index (κ3) is 2.62. The van der Waals surface area contributed by atoms with Crippen LogP contribution in [-0.4, -0.2) is 22.0 Å². The summed E-state index contributed by atoms with van der Waals surface area (Å²) in [5, 5.41) is 2.86. The van der Waals surface area contributed by atoms with Crippen LogP contribution in [0.15, 0.2) is 11.4 Å². The summed E-state index contributed by atoms with van der Waals surface area (Å²) < 4.78 is 0. The number of aryl methyl sites for hydroxylation is 1. The summed E-state index contributed by atoms with van der Waals surface area (Å²) in [6, 6.07) is 3.52. The molecule has 0 unspecified atom stereocenters. The molecule has 1 aliphatic heterocycles. The molecular formula is C15H21N3S2. The first-order valence-electron chi connectivity index (χ1n) is 7.11. The van der Waals surface area contributed by atoms with Crippen LogP contribution >= 0.6 is 22.7 Å². The molecule has 2 N–H and O–H groups in total. The number of nitrogens with two attached hydrogens (primary N) is 1. The van der Waals surface area contributed by atoms with E-state index in [0.29, 0.717) is 17.2 Å². The summed E-state index contributed by atoms with van der Waals surface area (Å²) in [6.07, 6.45) is 2.59. The van der Waals surface area contributed by atoms with Crippen LogP contribution in [0.5, 0.6) is 0 Å². The Labute approximate surface area is 128 Å². The van der Waals surface area contributed by atoms with Crippen LogP contribution in [0.4, 0.5) is 5.13 Å². The molecule has 0 aliphatic carbocycles. The monoisotopic (exact) mass is 307 g/mol. The van der Waals surface area contributed by atoms with Crippen molar-refractivity contribution >= 4 is 27.8 Å². The van der Waals surface area contributed by atoms with Crippen molar-refractivity contribution in [1.82, 2.24) is 9.88 Å². The Kier molecular flexibility index (Phi) is 3.84. The second-order valence-electron chi connectivity index (χ2n) is 5.76. The molecule has 0 amide bonds. The van der Waals surface area contributed by atoms with Gasteiger partial charge in [-0.2, -0.15) is 0 Å². The van der Waals surface area contributed by atoms with Gasteiger partial charge in [-0.05, 0) is 50.6 Å². The molecule has 3 nitrogen and oxygen atoms in total. The van der Waals surface area contributed by atoms with Gasteiger partial charge < -0.3 is 5.73 Å². The van der Waals surface area contributed by atoms with E-state index in [-0.39, 0.29) is 0 Å². The molecule has 1 aliphatic rings. The molecule has 108 valence electrons. The molecule has 1 saturated heterocycles. The average molecular weight is 307 g/mol. The van der Waals surface area contributed by atoms with Crippen molar-refractivity contribution in [3.05, 3.63) is 21.9 Å². The van der Waals surface area contributed by atoms with Gasteiger partial charge in [0.25, 0.3) is 0 Å². The van der Waals surface area contributed by atoms with Crippen LogP contribution in [0.1, 0.15) is 37.1 Å². The van der Waals surface area contributed by atoms with Gasteiger partial charge in [0.05, 0.1) is 10.6 Å². The minimum atomic E-state index is 0.659. The Hall–Kier alpha value is -0.910. The number of rotatable bonds is 3. The van der Waals surface area contributed by atoms with Crippen LogP contribution in [0.3, 0.4) is 0 Å². The van der Waals surface area contributed by atoms with Gasteiger partial charge in [0.2, 0.25) is 0 Å². The second-order valence-corrected chi connectivity index (χ2v) is 7.79. The zero-order valence-electron chi connectivity index (χ0n) is 12.2. The van der Waals surface area contributed by atoms with Crippen molar-refractivity contribution in [1.29, 1.82) is 0 Å². The molecule has 0 aromatic carbocycles. The zero-order chi connectivity index (χ0) is 14.3. The Morgan fingerprint density at radius 3 is 2.65 bits per heavy atom. The highest BCUT2D eigenvalue weighted by Gasteiger charge is 2.28. The number of thiophene rings is 1. The van der Waals surface area contributed by atoms with E-state index in [0.717, 1.165) is 12.2 Å². The molecule has 20 heavy (non-hydrogen) atoms. The molecule has 1 fully saturated rings. The lowest BCUT2D eigenvalue weighted by atomic mass is 10.2. The fraction of sp³-hybridized carbons (Fsp3) is 0.533.